The number of benzene rings is 1. The maximum Gasteiger partial charge on any atom is 0.152 e. The quantitative estimate of drug-likeness (QED) is 0.590. The smallest absolute Gasteiger partial charge is 0.152 e. The first-order chi connectivity index (χ1) is 9.72. The van der Waals surface area contributed by atoms with E-state index in [1.54, 1.807) is 0 Å². The van der Waals surface area contributed by atoms with Gasteiger partial charge in [0.15, 0.2) is 5.82 Å². The average molecular weight is 289 g/mol. The molecule has 5 heteroatoms. The van der Waals surface area contributed by atoms with Crippen LogP contribution in [-0.4, -0.2) is 20.4 Å². The van der Waals surface area contributed by atoms with E-state index in [9.17, 15) is 0 Å². The van der Waals surface area contributed by atoms with Crippen molar-refractivity contribution in [1.29, 1.82) is 0 Å². The number of rotatable bonds is 4. The van der Waals surface area contributed by atoms with Gasteiger partial charge >= 0.3 is 0 Å². The van der Waals surface area contributed by atoms with Crippen LogP contribution in [0.5, 0.6) is 0 Å². The molecule has 0 fully saturated rings. The van der Waals surface area contributed by atoms with E-state index in [2.05, 4.69) is 20.6 Å². The molecule has 2 N–H and O–H groups in total. The second-order valence-corrected chi connectivity index (χ2v) is 5.30. The second kappa shape index (κ2) is 5.29. The Labute approximate surface area is 122 Å². The summed E-state index contributed by atoms with van der Waals surface area (Å²) in [5.41, 5.74) is 8.85. The Morgan fingerprint density at radius 2 is 2.00 bits per heavy atom. The van der Waals surface area contributed by atoms with Crippen molar-refractivity contribution in [3.8, 4) is 0 Å². The van der Waals surface area contributed by atoms with Crippen LogP contribution in [0.3, 0.4) is 0 Å². The van der Waals surface area contributed by atoms with Gasteiger partial charge in [-0.3, -0.25) is 0 Å². The van der Waals surface area contributed by atoms with Crippen molar-refractivity contribution in [2.24, 2.45) is 0 Å². The predicted molar refractivity (Wildman–Crippen MR) is 84.1 cm³/mol. The lowest BCUT2D eigenvalue weighted by Gasteiger charge is -2.08. The van der Waals surface area contributed by atoms with Gasteiger partial charge in [0.2, 0.25) is 0 Å². The standard InChI is InChI=1S/C15H17ClN4/c1-10-18-13-14(20(10)9-5-4-8-16)11-6-2-3-7-12(11)19-15(13)17/h2-3,6-7H,4-5,8-9H2,1H3,(H2,17,19). The van der Waals surface area contributed by atoms with Crippen molar-refractivity contribution < 1.29 is 0 Å². The van der Waals surface area contributed by atoms with Gasteiger partial charge in [-0.25, -0.2) is 9.97 Å². The van der Waals surface area contributed by atoms with Gasteiger partial charge in [0.05, 0.1) is 11.0 Å². The molecule has 2 aromatic heterocycles. The van der Waals surface area contributed by atoms with Gasteiger partial charge in [-0.15, -0.1) is 11.6 Å². The van der Waals surface area contributed by atoms with Crippen LogP contribution in [0, 0.1) is 6.92 Å². The first-order valence-electron chi connectivity index (χ1n) is 6.79. The van der Waals surface area contributed by atoms with E-state index >= 15 is 0 Å². The van der Waals surface area contributed by atoms with Crippen LogP contribution < -0.4 is 5.73 Å². The zero-order chi connectivity index (χ0) is 14.1. The highest BCUT2D eigenvalue weighted by molar-refractivity contribution is 6.17. The van der Waals surface area contributed by atoms with Gasteiger partial charge in [-0.05, 0) is 25.8 Å². The molecule has 0 bridgehead atoms. The molecule has 0 aliphatic heterocycles. The number of imidazole rings is 1. The number of para-hydroxylation sites is 1. The van der Waals surface area contributed by atoms with E-state index in [0.717, 1.165) is 47.1 Å². The van der Waals surface area contributed by atoms with Crippen LogP contribution in [0.4, 0.5) is 5.82 Å². The molecule has 0 unspecified atom stereocenters. The summed E-state index contributed by atoms with van der Waals surface area (Å²) >= 11 is 5.77. The fraction of sp³-hybridized carbons (Fsp3) is 0.333. The summed E-state index contributed by atoms with van der Waals surface area (Å²) in [4.78, 5) is 9.02. The minimum atomic E-state index is 0.498. The topological polar surface area (TPSA) is 56.7 Å². The van der Waals surface area contributed by atoms with Crippen molar-refractivity contribution in [2.75, 3.05) is 11.6 Å². The second-order valence-electron chi connectivity index (χ2n) is 4.92. The summed E-state index contributed by atoms with van der Waals surface area (Å²) in [6.07, 6.45) is 2.03. The monoisotopic (exact) mass is 288 g/mol. The van der Waals surface area contributed by atoms with Gasteiger partial charge in [-0.2, -0.15) is 0 Å². The van der Waals surface area contributed by atoms with Crippen LogP contribution in [0.25, 0.3) is 21.9 Å². The molecule has 3 rings (SSSR count). The minimum absolute atomic E-state index is 0.498. The molecule has 0 radical (unpaired) electrons. The number of anilines is 1. The number of hydrogen-bond donors (Lipinski definition) is 1. The van der Waals surface area contributed by atoms with Gasteiger partial charge in [0, 0.05) is 17.8 Å². The third-order valence-corrected chi connectivity index (χ3v) is 3.83. The first kappa shape index (κ1) is 13.2. The van der Waals surface area contributed by atoms with E-state index in [1.165, 1.54) is 0 Å². The van der Waals surface area contributed by atoms with Crippen LogP contribution in [0.15, 0.2) is 24.3 Å². The molecule has 0 saturated carbocycles. The average Bonchev–Trinajstić information content (AvgIpc) is 2.78. The van der Waals surface area contributed by atoms with E-state index in [0.29, 0.717) is 11.7 Å². The summed E-state index contributed by atoms with van der Waals surface area (Å²) < 4.78 is 2.22. The van der Waals surface area contributed by atoms with E-state index in [4.69, 9.17) is 17.3 Å². The molecular weight excluding hydrogens is 272 g/mol. The number of nitrogens with two attached hydrogens (primary N) is 1. The van der Waals surface area contributed by atoms with Gasteiger partial charge in [-0.1, -0.05) is 18.2 Å². The number of halogens is 1. The van der Waals surface area contributed by atoms with Gasteiger partial charge in [0.25, 0.3) is 0 Å². The molecule has 20 heavy (non-hydrogen) atoms. The summed E-state index contributed by atoms with van der Waals surface area (Å²) in [6, 6.07) is 8.05. The summed E-state index contributed by atoms with van der Waals surface area (Å²) in [5.74, 6) is 2.16. The fourth-order valence-corrected chi connectivity index (χ4v) is 2.80. The molecule has 0 aliphatic carbocycles. The predicted octanol–water partition coefficient (Wildman–Crippen LogP) is 3.49. The number of nitrogen functional groups attached to an aromatic ring is 1. The molecular formula is C15H17ClN4. The molecule has 3 aromatic rings. The highest BCUT2D eigenvalue weighted by atomic mass is 35.5. The molecule has 1 aromatic carbocycles. The van der Waals surface area contributed by atoms with Crippen LogP contribution in [-0.2, 0) is 6.54 Å². The maximum absolute atomic E-state index is 6.05. The van der Waals surface area contributed by atoms with Crippen molar-refractivity contribution in [3.05, 3.63) is 30.1 Å². The minimum Gasteiger partial charge on any atom is -0.382 e. The van der Waals surface area contributed by atoms with Crippen molar-refractivity contribution >= 4 is 39.4 Å². The molecule has 104 valence electrons. The van der Waals surface area contributed by atoms with E-state index in [1.807, 2.05) is 25.1 Å². The van der Waals surface area contributed by atoms with Crippen LogP contribution in [0.1, 0.15) is 18.7 Å². The fourth-order valence-electron chi connectivity index (χ4n) is 2.61. The van der Waals surface area contributed by atoms with Crippen LogP contribution >= 0.6 is 11.6 Å². The Morgan fingerprint density at radius 1 is 1.20 bits per heavy atom. The van der Waals surface area contributed by atoms with Crippen molar-refractivity contribution in [2.45, 2.75) is 26.3 Å². The maximum atomic E-state index is 6.05. The third-order valence-electron chi connectivity index (χ3n) is 3.57. The summed E-state index contributed by atoms with van der Waals surface area (Å²) in [5, 5.41) is 1.10. The number of aryl methyl sites for hydroxylation is 2. The highest BCUT2D eigenvalue weighted by Crippen LogP contribution is 2.28. The molecule has 0 amide bonds. The van der Waals surface area contributed by atoms with Crippen molar-refractivity contribution in [3.63, 3.8) is 0 Å². The largest absolute Gasteiger partial charge is 0.382 e. The third kappa shape index (κ3) is 2.10. The lowest BCUT2D eigenvalue weighted by Crippen LogP contribution is -2.02. The number of aromatic nitrogens is 3. The van der Waals surface area contributed by atoms with E-state index in [-0.39, 0.29) is 0 Å². The van der Waals surface area contributed by atoms with Gasteiger partial charge < -0.3 is 10.3 Å². The Balaban J connectivity index is 2.25. The summed E-state index contributed by atoms with van der Waals surface area (Å²) in [6.45, 7) is 2.91. The number of pyridine rings is 1. The Hall–Kier alpha value is -1.81. The number of unbranched alkanes of at least 4 members (excludes halogenated alkanes) is 1. The number of fused-ring (bicyclic) bond motifs is 3. The molecule has 0 aliphatic rings. The Morgan fingerprint density at radius 3 is 2.80 bits per heavy atom. The molecule has 0 saturated heterocycles. The SMILES string of the molecule is Cc1nc2c(N)nc3ccccc3c2n1CCCCCl. The van der Waals surface area contributed by atoms with Gasteiger partial charge in [0.1, 0.15) is 11.3 Å². The van der Waals surface area contributed by atoms with Crippen molar-refractivity contribution in [1.82, 2.24) is 14.5 Å². The molecule has 2 heterocycles. The van der Waals surface area contributed by atoms with E-state index < -0.39 is 0 Å². The zero-order valence-corrected chi connectivity index (χ0v) is 12.2. The molecule has 0 atom stereocenters. The Kier molecular flexibility index (Phi) is 3.49. The number of hydrogen-bond acceptors (Lipinski definition) is 3. The van der Waals surface area contributed by atoms with Crippen LogP contribution in [0.2, 0.25) is 0 Å². The lowest BCUT2D eigenvalue weighted by molar-refractivity contribution is 0.633. The Bertz CT molecular complexity index is 763. The normalized spacial score (nSPS) is 11.5. The lowest BCUT2D eigenvalue weighted by atomic mass is 10.2. The first-order valence-corrected chi connectivity index (χ1v) is 7.33. The number of nitrogens with zero attached hydrogens (tertiary/aromatic N) is 3. The highest BCUT2D eigenvalue weighted by Gasteiger charge is 2.14. The number of alkyl halides is 1. The molecule has 0 spiro atoms. The summed E-state index contributed by atoms with van der Waals surface area (Å²) in [7, 11) is 0. The molecule has 4 nitrogen and oxygen atoms in total. The zero-order valence-electron chi connectivity index (χ0n) is 11.4.